The number of halogens is 2. The quantitative estimate of drug-likeness (QED) is 0.798. The van der Waals surface area contributed by atoms with Crippen molar-refractivity contribution in [2.45, 2.75) is 12.5 Å². The van der Waals surface area contributed by atoms with Gasteiger partial charge in [0.15, 0.2) is 0 Å². The van der Waals surface area contributed by atoms with Crippen LogP contribution in [0.15, 0.2) is 18.2 Å². The van der Waals surface area contributed by atoms with Gasteiger partial charge in [0.1, 0.15) is 5.52 Å². The Bertz CT molecular complexity index is 628. The molecule has 0 saturated carbocycles. The number of carbonyl (C=O) groups is 1. The molecular formula is C13H16Cl2N4OS. The van der Waals surface area contributed by atoms with Crippen LogP contribution >= 0.6 is 35.8 Å². The Hall–Kier alpha value is -0.950. The smallest absolute Gasteiger partial charge is 0.228 e. The summed E-state index contributed by atoms with van der Waals surface area (Å²) >= 11 is 7.93. The largest absolute Gasteiger partial charge is 0.324 e. The first-order valence-corrected chi connectivity index (χ1v) is 8.01. The Morgan fingerprint density at radius 2 is 2.38 bits per heavy atom. The van der Waals surface area contributed by atoms with Gasteiger partial charge in [-0.2, -0.15) is 11.8 Å². The fourth-order valence-electron chi connectivity index (χ4n) is 2.21. The van der Waals surface area contributed by atoms with Gasteiger partial charge in [0.05, 0.1) is 10.5 Å². The molecule has 3 rings (SSSR count). The van der Waals surface area contributed by atoms with Crippen molar-refractivity contribution in [2.75, 3.05) is 23.4 Å². The SMILES string of the molecule is Cl.O=C(CC1CSCCN1)Nc1nc2c(Cl)cccc2[nH]1. The van der Waals surface area contributed by atoms with Crippen molar-refractivity contribution in [3.05, 3.63) is 23.2 Å². The van der Waals surface area contributed by atoms with Gasteiger partial charge < -0.3 is 10.3 Å². The van der Waals surface area contributed by atoms with E-state index in [2.05, 4.69) is 20.6 Å². The summed E-state index contributed by atoms with van der Waals surface area (Å²) in [6, 6.07) is 5.74. The Morgan fingerprint density at radius 1 is 1.52 bits per heavy atom. The van der Waals surface area contributed by atoms with E-state index in [0.717, 1.165) is 23.6 Å². The molecule has 0 spiro atoms. The van der Waals surface area contributed by atoms with Gasteiger partial charge in [-0.1, -0.05) is 17.7 Å². The average Bonchev–Trinajstić information content (AvgIpc) is 2.83. The number of thioether (sulfide) groups is 1. The summed E-state index contributed by atoms with van der Waals surface area (Å²) in [5, 5.41) is 6.70. The van der Waals surface area contributed by atoms with Gasteiger partial charge in [-0.05, 0) is 12.1 Å². The number of nitrogens with one attached hydrogen (secondary N) is 3. The molecule has 1 aromatic carbocycles. The molecule has 1 aliphatic rings. The molecule has 1 saturated heterocycles. The second-order valence-corrected chi connectivity index (χ2v) is 6.26. The van der Waals surface area contributed by atoms with E-state index in [1.165, 1.54) is 0 Å². The van der Waals surface area contributed by atoms with Crippen molar-refractivity contribution in [1.82, 2.24) is 15.3 Å². The Balaban J connectivity index is 0.00000161. The second-order valence-electron chi connectivity index (χ2n) is 4.70. The molecule has 1 amide bonds. The number of aromatic amines is 1. The van der Waals surface area contributed by atoms with Crippen molar-refractivity contribution in [1.29, 1.82) is 0 Å². The minimum Gasteiger partial charge on any atom is -0.324 e. The predicted molar refractivity (Wildman–Crippen MR) is 90.7 cm³/mol. The molecule has 1 fully saturated rings. The average molecular weight is 347 g/mol. The van der Waals surface area contributed by atoms with Crippen LogP contribution in [0, 0.1) is 0 Å². The van der Waals surface area contributed by atoms with Crippen LogP contribution in [0.2, 0.25) is 5.02 Å². The fourth-order valence-corrected chi connectivity index (χ4v) is 3.38. The van der Waals surface area contributed by atoms with Crippen molar-refractivity contribution in [3.8, 4) is 0 Å². The van der Waals surface area contributed by atoms with Gasteiger partial charge in [-0.3, -0.25) is 10.1 Å². The number of H-pyrrole nitrogens is 1. The zero-order valence-corrected chi connectivity index (χ0v) is 13.6. The molecule has 114 valence electrons. The highest BCUT2D eigenvalue weighted by Crippen LogP contribution is 2.22. The van der Waals surface area contributed by atoms with E-state index in [9.17, 15) is 4.79 Å². The van der Waals surface area contributed by atoms with E-state index in [4.69, 9.17) is 11.6 Å². The summed E-state index contributed by atoms with van der Waals surface area (Å²) < 4.78 is 0. The summed E-state index contributed by atoms with van der Waals surface area (Å²) in [6.45, 7) is 0.961. The zero-order chi connectivity index (χ0) is 13.9. The molecule has 5 nitrogen and oxygen atoms in total. The van der Waals surface area contributed by atoms with E-state index < -0.39 is 0 Å². The lowest BCUT2D eigenvalue weighted by atomic mass is 10.2. The summed E-state index contributed by atoms with van der Waals surface area (Å²) in [5.74, 6) is 2.49. The number of imidazole rings is 1. The first-order chi connectivity index (χ1) is 9.72. The molecule has 1 atom stereocenters. The standard InChI is InChI=1S/C13H15ClN4OS.ClH/c14-9-2-1-3-10-12(9)18-13(16-10)17-11(19)6-8-7-20-5-4-15-8;/h1-3,8,15H,4-7H2,(H2,16,17,18,19);1H. The van der Waals surface area contributed by atoms with Crippen LogP contribution in [0.4, 0.5) is 5.95 Å². The number of anilines is 1. The number of aromatic nitrogens is 2. The number of hydrogen-bond acceptors (Lipinski definition) is 4. The normalized spacial score (nSPS) is 18.2. The van der Waals surface area contributed by atoms with E-state index in [1.54, 1.807) is 6.07 Å². The molecule has 2 heterocycles. The summed E-state index contributed by atoms with van der Waals surface area (Å²) in [7, 11) is 0. The van der Waals surface area contributed by atoms with Gasteiger partial charge in [-0.25, -0.2) is 4.98 Å². The third kappa shape index (κ3) is 4.03. The third-order valence-corrected chi connectivity index (χ3v) is 4.59. The number of hydrogen-bond donors (Lipinski definition) is 3. The third-order valence-electron chi connectivity index (χ3n) is 3.15. The Kier molecular flexibility index (Phi) is 5.75. The molecular weight excluding hydrogens is 331 g/mol. The maximum Gasteiger partial charge on any atom is 0.228 e. The van der Waals surface area contributed by atoms with Crippen molar-refractivity contribution >= 4 is 58.7 Å². The lowest BCUT2D eigenvalue weighted by Gasteiger charge is -2.22. The summed E-state index contributed by atoms with van der Waals surface area (Å²) in [4.78, 5) is 19.3. The molecule has 8 heteroatoms. The number of benzene rings is 1. The minimum atomic E-state index is -0.0415. The summed E-state index contributed by atoms with van der Waals surface area (Å²) in [6.07, 6.45) is 0.456. The number of carbonyl (C=O) groups excluding carboxylic acids is 1. The maximum absolute atomic E-state index is 12.0. The number of fused-ring (bicyclic) bond motifs is 1. The molecule has 1 aromatic heterocycles. The first-order valence-electron chi connectivity index (χ1n) is 6.47. The number of rotatable bonds is 3. The van der Waals surface area contributed by atoms with E-state index >= 15 is 0 Å². The zero-order valence-electron chi connectivity index (χ0n) is 11.2. The molecule has 21 heavy (non-hydrogen) atoms. The lowest BCUT2D eigenvalue weighted by Crippen LogP contribution is -2.40. The molecule has 0 aliphatic carbocycles. The number of nitrogens with zero attached hydrogens (tertiary/aromatic N) is 1. The molecule has 0 bridgehead atoms. The van der Waals surface area contributed by atoms with Gasteiger partial charge in [0.2, 0.25) is 11.9 Å². The topological polar surface area (TPSA) is 69.8 Å². The number of para-hydroxylation sites is 1. The Morgan fingerprint density at radius 3 is 3.10 bits per heavy atom. The first kappa shape index (κ1) is 16.4. The number of amides is 1. The van der Waals surface area contributed by atoms with E-state index in [1.807, 2.05) is 23.9 Å². The van der Waals surface area contributed by atoms with Crippen molar-refractivity contribution < 1.29 is 4.79 Å². The summed E-state index contributed by atoms with van der Waals surface area (Å²) in [5.41, 5.74) is 1.50. The molecule has 1 aliphatic heterocycles. The van der Waals surface area contributed by atoms with E-state index in [0.29, 0.717) is 22.9 Å². The second kappa shape index (κ2) is 7.35. The van der Waals surface area contributed by atoms with Crippen LogP contribution in [-0.4, -0.2) is 40.0 Å². The van der Waals surface area contributed by atoms with Gasteiger partial charge in [0.25, 0.3) is 0 Å². The van der Waals surface area contributed by atoms with Crippen LogP contribution in [0.3, 0.4) is 0 Å². The Labute approximate surface area is 138 Å². The van der Waals surface area contributed by atoms with E-state index in [-0.39, 0.29) is 24.4 Å². The van der Waals surface area contributed by atoms with Crippen LogP contribution < -0.4 is 10.6 Å². The lowest BCUT2D eigenvalue weighted by molar-refractivity contribution is -0.116. The van der Waals surface area contributed by atoms with Crippen LogP contribution in [0.25, 0.3) is 11.0 Å². The van der Waals surface area contributed by atoms with Gasteiger partial charge in [0, 0.05) is 30.5 Å². The molecule has 1 unspecified atom stereocenters. The van der Waals surface area contributed by atoms with Crippen LogP contribution in [0.5, 0.6) is 0 Å². The maximum atomic E-state index is 12.0. The van der Waals surface area contributed by atoms with Crippen LogP contribution in [-0.2, 0) is 4.79 Å². The van der Waals surface area contributed by atoms with Gasteiger partial charge in [-0.15, -0.1) is 12.4 Å². The molecule has 2 aromatic rings. The highest BCUT2D eigenvalue weighted by Gasteiger charge is 2.17. The highest BCUT2D eigenvalue weighted by atomic mass is 35.5. The van der Waals surface area contributed by atoms with Gasteiger partial charge >= 0.3 is 0 Å². The molecule has 0 radical (unpaired) electrons. The molecule has 3 N–H and O–H groups in total. The predicted octanol–water partition coefficient (Wildman–Crippen LogP) is 2.67. The van der Waals surface area contributed by atoms with Crippen molar-refractivity contribution in [2.24, 2.45) is 0 Å². The fraction of sp³-hybridized carbons (Fsp3) is 0.385. The monoisotopic (exact) mass is 346 g/mol. The van der Waals surface area contributed by atoms with Crippen molar-refractivity contribution in [3.63, 3.8) is 0 Å². The van der Waals surface area contributed by atoms with Crippen LogP contribution in [0.1, 0.15) is 6.42 Å². The minimum absolute atomic E-state index is 0. The highest BCUT2D eigenvalue weighted by molar-refractivity contribution is 7.99.